The Labute approximate surface area is 119 Å². The van der Waals surface area contributed by atoms with E-state index in [-0.39, 0.29) is 18.4 Å². The number of ether oxygens (including phenoxy) is 2. The molecule has 0 radical (unpaired) electrons. The minimum Gasteiger partial charge on any atom is -0.479 e. The maximum absolute atomic E-state index is 14.0. The van der Waals surface area contributed by atoms with E-state index in [1.165, 1.54) is 13.4 Å². The second-order valence-corrected chi connectivity index (χ2v) is 4.97. The molecule has 0 aromatic carbocycles. The Balaban J connectivity index is 2.07. The zero-order chi connectivity index (χ0) is 15.1. The number of alkyl halides is 1. The molecule has 4 atom stereocenters. The number of nitrogen functional groups attached to an aromatic ring is 1. The van der Waals surface area contributed by atoms with Crippen LogP contribution in [0.2, 0.25) is 0 Å². The third-order valence-corrected chi connectivity index (χ3v) is 3.68. The molecule has 8 nitrogen and oxygen atoms in total. The zero-order valence-electron chi connectivity index (χ0n) is 11.6. The number of hydrogen-bond acceptors (Lipinski definition) is 7. The molecule has 1 saturated heterocycles. The van der Waals surface area contributed by atoms with Gasteiger partial charge in [0.25, 0.3) is 0 Å². The standard InChI is InChI=1S/C12H16FN5O3/c1-5-7(13)6(3-19)21-11(5)18-4-15-8-9(18)16-12(14)17-10(8)20-2/h4-7,11,19H,3H2,1-2H3,(H2,14,16,17). The van der Waals surface area contributed by atoms with E-state index in [2.05, 4.69) is 15.0 Å². The third-order valence-electron chi connectivity index (χ3n) is 3.68. The quantitative estimate of drug-likeness (QED) is 0.837. The summed E-state index contributed by atoms with van der Waals surface area (Å²) >= 11 is 0. The van der Waals surface area contributed by atoms with Crippen molar-refractivity contribution >= 4 is 17.1 Å². The van der Waals surface area contributed by atoms with Crippen LogP contribution in [0.3, 0.4) is 0 Å². The minimum absolute atomic E-state index is 0.0299. The van der Waals surface area contributed by atoms with Crippen LogP contribution in [0.5, 0.6) is 5.88 Å². The number of hydrogen-bond donors (Lipinski definition) is 2. The van der Waals surface area contributed by atoms with Gasteiger partial charge < -0.3 is 20.3 Å². The Morgan fingerprint density at radius 3 is 2.90 bits per heavy atom. The Morgan fingerprint density at radius 2 is 2.29 bits per heavy atom. The average molecular weight is 297 g/mol. The molecular weight excluding hydrogens is 281 g/mol. The number of aliphatic hydroxyl groups excluding tert-OH is 1. The number of fused-ring (bicyclic) bond motifs is 1. The number of aromatic nitrogens is 4. The Morgan fingerprint density at radius 1 is 1.52 bits per heavy atom. The highest BCUT2D eigenvalue weighted by Gasteiger charge is 2.43. The molecule has 0 aliphatic carbocycles. The molecule has 3 rings (SSSR count). The van der Waals surface area contributed by atoms with Gasteiger partial charge in [0.15, 0.2) is 11.2 Å². The highest BCUT2D eigenvalue weighted by atomic mass is 19.1. The molecule has 0 spiro atoms. The van der Waals surface area contributed by atoms with Gasteiger partial charge in [0.05, 0.1) is 20.0 Å². The summed E-state index contributed by atoms with van der Waals surface area (Å²) < 4.78 is 26.3. The van der Waals surface area contributed by atoms with E-state index in [1.807, 2.05) is 0 Å². The zero-order valence-corrected chi connectivity index (χ0v) is 11.6. The van der Waals surface area contributed by atoms with E-state index in [0.29, 0.717) is 11.2 Å². The fourth-order valence-electron chi connectivity index (χ4n) is 2.57. The second-order valence-electron chi connectivity index (χ2n) is 4.97. The highest BCUT2D eigenvalue weighted by molar-refractivity contribution is 5.77. The maximum Gasteiger partial charge on any atom is 0.246 e. The number of halogens is 1. The molecular formula is C12H16FN5O3. The first kappa shape index (κ1) is 14.0. The molecule has 2 aromatic heterocycles. The summed E-state index contributed by atoms with van der Waals surface area (Å²) in [6, 6.07) is 0. The number of nitrogens with zero attached hydrogens (tertiary/aromatic N) is 4. The van der Waals surface area contributed by atoms with Gasteiger partial charge in [0.2, 0.25) is 11.8 Å². The summed E-state index contributed by atoms with van der Waals surface area (Å²) in [7, 11) is 1.45. The van der Waals surface area contributed by atoms with Crippen LogP contribution in [-0.2, 0) is 4.74 Å². The lowest BCUT2D eigenvalue weighted by atomic mass is 10.0. The van der Waals surface area contributed by atoms with Gasteiger partial charge in [-0.25, -0.2) is 9.37 Å². The lowest BCUT2D eigenvalue weighted by molar-refractivity contribution is -0.0366. The van der Waals surface area contributed by atoms with Crippen LogP contribution in [0.4, 0.5) is 10.3 Å². The molecule has 3 heterocycles. The third kappa shape index (κ3) is 2.09. The molecule has 0 bridgehead atoms. The second kappa shape index (κ2) is 5.08. The van der Waals surface area contributed by atoms with Crippen molar-refractivity contribution in [1.29, 1.82) is 0 Å². The lowest BCUT2D eigenvalue weighted by Gasteiger charge is -2.17. The van der Waals surface area contributed by atoms with Gasteiger partial charge in [0, 0.05) is 5.92 Å². The monoisotopic (exact) mass is 297 g/mol. The SMILES string of the molecule is COc1nc(N)nc2c1ncn2C1OC(CO)C(F)C1C. The van der Waals surface area contributed by atoms with E-state index in [4.69, 9.17) is 20.3 Å². The Bertz CT molecular complexity index is 664. The summed E-state index contributed by atoms with van der Waals surface area (Å²) in [5, 5.41) is 9.15. The minimum atomic E-state index is -1.27. The molecule has 0 amide bonds. The highest BCUT2D eigenvalue weighted by Crippen LogP contribution is 2.38. The summed E-state index contributed by atoms with van der Waals surface area (Å²) in [5.74, 6) is -0.179. The lowest BCUT2D eigenvalue weighted by Crippen LogP contribution is -2.24. The predicted octanol–water partition coefficient (Wildman–Crippen LogP) is 0.281. The Hall–Kier alpha value is -2.00. The maximum atomic E-state index is 14.0. The number of anilines is 1. The van der Waals surface area contributed by atoms with Gasteiger partial charge in [-0.05, 0) is 0 Å². The van der Waals surface area contributed by atoms with E-state index in [9.17, 15) is 4.39 Å². The van der Waals surface area contributed by atoms with Crippen molar-refractivity contribution in [3.8, 4) is 5.88 Å². The summed E-state index contributed by atoms with van der Waals surface area (Å²) in [6.07, 6.45) is -1.27. The first-order valence-electron chi connectivity index (χ1n) is 6.51. The molecule has 1 aliphatic heterocycles. The molecule has 2 aromatic rings. The van der Waals surface area contributed by atoms with Gasteiger partial charge >= 0.3 is 0 Å². The van der Waals surface area contributed by atoms with Gasteiger partial charge in [-0.3, -0.25) is 4.57 Å². The Kier molecular flexibility index (Phi) is 3.38. The summed E-state index contributed by atoms with van der Waals surface area (Å²) in [4.78, 5) is 12.2. The molecule has 1 fully saturated rings. The van der Waals surface area contributed by atoms with Crippen LogP contribution in [0, 0.1) is 5.92 Å². The molecule has 0 saturated carbocycles. The van der Waals surface area contributed by atoms with Crippen LogP contribution in [0.1, 0.15) is 13.2 Å². The van der Waals surface area contributed by atoms with Gasteiger partial charge in [-0.1, -0.05) is 6.92 Å². The van der Waals surface area contributed by atoms with Gasteiger partial charge in [-0.15, -0.1) is 0 Å². The van der Waals surface area contributed by atoms with Crippen LogP contribution in [0.15, 0.2) is 6.33 Å². The molecule has 114 valence electrons. The topological polar surface area (TPSA) is 108 Å². The fraction of sp³-hybridized carbons (Fsp3) is 0.583. The van der Waals surface area contributed by atoms with Gasteiger partial charge in [0.1, 0.15) is 18.5 Å². The smallest absolute Gasteiger partial charge is 0.246 e. The molecule has 21 heavy (non-hydrogen) atoms. The number of imidazole rings is 1. The van der Waals surface area contributed by atoms with Crippen molar-refractivity contribution < 1.29 is 19.0 Å². The van der Waals surface area contributed by atoms with E-state index < -0.39 is 24.4 Å². The van der Waals surface area contributed by atoms with Crippen LogP contribution < -0.4 is 10.5 Å². The molecule has 9 heteroatoms. The van der Waals surface area contributed by atoms with Crippen molar-refractivity contribution in [3.63, 3.8) is 0 Å². The summed E-state index contributed by atoms with van der Waals surface area (Å²) in [5.41, 5.74) is 6.47. The van der Waals surface area contributed by atoms with E-state index in [1.54, 1.807) is 11.5 Å². The van der Waals surface area contributed by atoms with Crippen LogP contribution >= 0.6 is 0 Å². The molecule has 1 aliphatic rings. The van der Waals surface area contributed by atoms with Crippen molar-refractivity contribution in [2.75, 3.05) is 19.5 Å². The van der Waals surface area contributed by atoms with E-state index >= 15 is 0 Å². The first-order chi connectivity index (χ1) is 10.1. The molecule has 3 N–H and O–H groups in total. The largest absolute Gasteiger partial charge is 0.479 e. The number of aliphatic hydroxyl groups is 1. The number of methoxy groups -OCH3 is 1. The van der Waals surface area contributed by atoms with Crippen LogP contribution in [0.25, 0.3) is 11.2 Å². The number of rotatable bonds is 3. The number of nitrogens with two attached hydrogens (primary N) is 1. The normalized spacial score (nSPS) is 29.1. The van der Waals surface area contributed by atoms with Gasteiger partial charge in [-0.2, -0.15) is 9.97 Å². The summed E-state index contributed by atoms with van der Waals surface area (Å²) in [6.45, 7) is 1.33. The van der Waals surface area contributed by atoms with Crippen molar-refractivity contribution in [1.82, 2.24) is 19.5 Å². The fourth-order valence-corrected chi connectivity index (χ4v) is 2.57. The van der Waals surface area contributed by atoms with Crippen molar-refractivity contribution in [2.45, 2.75) is 25.4 Å². The van der Waals surface area contributed by atoms with Crippen LogP contribution in [-0.4, -0.2) is 50.6 Å². The van der Waals surface area contributed by atoms with Crippen molar-refractivity contribution in [2.24, 2.45) is 5.92 Å². The van der Waals surface area contributed by atoms with Crippen molar-refractivity contribution in [3.05, 3.63) is 6.33 Å². The molecule has 4 unspecified atom stereocenters. The average Bonchev–Trinajstić information content (AvgIpc) is 3.01. The first-order valence-corrected chi connectivity index (χ1v) is 6.51. The van der Waals surface area contributed by atoms with E-state index in [0.717, 1.165) is 0 Å². The predicted molar refractivity (Wildman–Crippen MR) is 71.3 cm³/mol.